The van der Waals surface area contributed by atoms with Gasteiger partial charge in [0.25, 0.3) is 0 Å². The summed E-state index contributed by atoms with van der Waals surface area (Å²) in [7, 11) is 0. The third kappa shape index (κ3) is 8.78. The summed E-state index contributed by atoms with van der Waals surface area (Å²) in [5.74, 6) is 0.923. The third-order valence-corrected chi connectivity index (χ3v) is 5.78. The maximum atomic E-state index is 9.67. The van der Waals surface area contributed by atoms with Gasteiger partial charge in [0.05, 0.1) is 12.6 Å². The van der Waals surface area contributed by atoms with Crippen LogP contribution in [0.2, 0.25) is 0 Å². The number of hydrogen-bond acceptors (Lipinski definition) is 4. The van der Waals surface area contributed by atoms with Crippen LogP contribution < -0.4 is 10.6 Å². The standard InChI is InChI=1S/C22H37N5O.HI/c1-2-23-22(25-20-8-10-21(28)11-9-20)24-12-13-26-14-16-27(17-15-26)18-19-6-4-3-5-7-19;/h3-7,20-21,28H,2,8-18H2,1H3,(H2,23,24,25);1H. The molecule has 0 aromatic heterocycles. The minimum atomic E-state index is -0.113. The van der Waals surface area contributed by atoms with Crippen molar-refractivity contribution in [1.29, 1.82) is 0 Å². The molecule has 1 aromatic carbocycles. The first-order chi connectivity index (χ1) is 13.7. The van der Waals surface area contributed by atoms with E-state index < -0.39 is 0 Å². The summed E-state index contributed by atoms with van der Waals surface area (Å²) in [5.41, 5.74) is 1.40. The van der Waals surface area contributed by atoms with E-state index in [1.54, 1.807) is 0 Å². The van der Waals surface area contributed by atoms with E-state index >= 15 is 0 Å². The van der Waals surface area contributed by atoms with Crippen LogP contribution in [0.1, 0.15) is 38.2 Å². The molecule has 3 N–H and O–H groups in total. The Hall–Kier alpha value is -0.900. The number of halogens is 1. The highest BCUT2D eigenvalue weighted by Crippen LogP contribution is 2.18. The topological polar surface area (TPSA) is 63.1 Å². The van der Waals surface area contributed by atoms with Crippen molar-refractivity contribution in [2.75, 3.05) is 45.8 Å². The summed E-state index contributed by atoms with van der Waals surface area (Å²) >= 11 is 0. The molecule has 1 aromatic rings. The summed E-state index contributed by atoms with van der Waals surface area (Å²) < 4.78 is 0. The Kier molecular flexibility index (Phi) is 11.3. The largest absolute Gasteiger partial charge is 0.393 e. The molecule has 164 valence electrons. The molecular weight excluding hydrogens is 477 g/mol. The fourth-order valence-corrected chi connectivity index (χ4v) is 4.05. The molecule has 2 fully saturated rings. The molecule has 1 saturated heterocycles. The quantitative estimate of drug-likeness (QED) is 0.296. The molecule has 1 saturated carbocycles. The van der Waals surface area contributed by atoms with Gasteiger partial charge in [-0.05, 0) is 38.2 Å². The molecule has 0 radical (unpaired) electrons. The summed E-state index contributed by atoms with van der Waals surface area (Å²) in [6.07, 6.45) is 3.72. The van der Waals surface area contributed by atoms with Gasteiger partial charge in [-0.2, -0.15) is 0 Å². The predicted octanol–water partition coefficient (Wildman–Crippen LogP) is 2.28. The van der Waals surface area contributed by atoms with Crippen molar-refractivity contribution in [1.82, 2.24) is 20.4 Å². The second-order valence-corrected chi connectivity index (χ2v) is 8.01. The molecule has 0 unspecified atom stereocenters. The van der Waals surface area contributed by atoms with Crippen LogP contribution in [0.25, 0.3) is 0 Å². The Morgan fingerprint density at radius 1 is 1.03 bits per heavy atom. The van der Waals surface area contributed by atoms with E-state index in [0.717, 1.165) is 84.0 Å². The van der Waals surface area contributed by atoms with Gasteiger partial charge in [0.1, 0.15) is 0 Å². The first-order valence-corrected chi connectivity index (χ1v) is 10.9. The van der Waals surface area contributed by atoms with Gasteiger partial charge >= 0.3 is 0 Å². The minimum absolute atomic E-state index is 0. The molecule has 1 heterocycles. The van der Waals surface area contributed by atoms with Gasteiger partial charge in [-0.25, -0.2) is 0 Å². The lowest BCUT2D eigenvalue weighted by molar-refractivity contribution is 0.120. The molecule has 0 atom stereocenters. The zero-order valence-corrected chi connectivity index (χ0v) is 20.1. The molecule has 0 spiro atoms. The number of nitrogens with zero attached hydrogens (tertiary/aromatic N) is 3. The zero-order valence-electron chi connectivity index (χ0n) is 17.7. The maximum absolute atomic E-state index is 9.67. The smallest absolute Gasteiger partial charge is 0.191 e. The number of aliphatic imine (C=N–C) groups is 1. The Bertz CT molecular complexity index is 584. The number of rotatable bonds is 7. The number of benzene rings is 1. The van der Waals surface area contributed by atoms with E-state index in [2.05, 4.69) is 57.7 Å². The monoisotopic (exact) mass is 515 g/mol. The zero-order chi connectivity index (χ0) is 19.6. The van der Waals surface area contributed by atoms with Crippen molar-refractivity contribution < 1.29 is 5.11 Å². The van der Waals surface area contributed by atoms with Gasteiger partial charge in [0.15, 0.2) is 5.96 Å². The highest BCUT2D eigenvalue weighted by molar-refractivity contribution is 14.0. The molecule has 3 rings (SSSR count). The Labute approximate surface area is 193 Å². The average Bonchev–Trinajstić information content (AvgIpc) is 2.72. The van der Waals surface area contributed by atoms with Crippen LogP contribution in [0.15, 0.2) is 35.3 Å². The number of piperazine rings is 1. The van der Waals surface area contributed by atoms with Gasteiger partial charge in [-0.15, -0.1) is 24.0 Å². The number of hydrogen-bond donors (Lipinski definition) is 3. The first kappa shape index (κ1) is 24.4. The molecule has 0 bridgehead atoms. The van der Waals surface area contributed by atoms with Crippen molar-refractivity contribution in [3.8, 4) is 0 Å². The number of guanidine groups is 1. The van der Waals surface area contributed by atoms with Crippen LogP contribution in [0.5, 0.6) is 0 Å². The highest BCUT2D eigenvalue weighted by atomic mass is 127. The van der Waals surface area contributed by atoms with Crippen LogP contribution >= 0.6 is 24.0 Å². The SMILES string of the molecule is CCNC(=NCCN1CCN(Cc2ccccc2)CC1)NC1CCC(O)CC1.I. The molecule has 7 heteroatoms. The van der Waals surface area contributed by atoms with E-state index in [9.17, 15) is 5.11 Å². The summed E-state index contributed by atoms with van der Waals surface area (Å²) in [6, 6.07) is 11.2. The van der Waals surface area contributed by atoms with Crippen molar-refractivity contribution in [2.45, 2.75) is 51.3 Å². The number of aliphatic hydroxyl groups is 1. The van der Waals surface area contributed by atoms with Crippen LogP contribution in [0.3, 0.4) is 0 Å². The molecule has 1 aliphatic carbocycles. The fourth-order valence-electron chi connectivity index (χ4n) is 4.05. The normalized spacial score (nSPS) is 24.0. The summed E-state index contributed by atoms with van der Waals surface area (Å²) in [5, 5.41) is 16.6. The number of aliphatic hydroxyl groups excluding tert-OH is 1. The van der Waals surface area contributed by atoms with Crippen molar-refractivity contribution >= 4 is 29.9 Å². The van der Waals surface area contributed by atoms with Gasteiger partial charge in [-0.3, -0.25) is 14.8 Å². The fraction of sp³-hybridized carbons (Fsp3) is 0.682. The molecule has 0 amide bonds. The number of nitrogens with one attached hydrogen (secondary N) is 2. The van der Waals surface area contributed by atoms with E-state index in [0.29, 0.717) is 6.04 Å². The molecule has 6 nitrogen and oxygen atoms in total. The molecule has 2 aliphatic rings. The average molecular weight is 515 g/mol. The molecule has 29 heavy (non-hydrogen) atoms. The summed E-state index contributed by atoms with van der Waals surface area (Å²) in [4.78, 5) is 9.84. The Morgan fingerprint density at radius 3 is 2.34 bits per heavy atom. The lowest BCUT2D eigenvalue weighted by atomic mass is 9.93. The minimum Gasteiger partial charge on any atom is -0.393 e. The highest BCUT2D eigenvalue weighted by Gasteiger charge is 2.20. The maximum Gasteiger partial charge on any atom is 0.191 e. The van der Waals surface area contributed by atoms with Gasteiger partial charge in [-0.1, -0.05) is 30.3 Å². The van der Waals surface area contributed by atoms with Crippen LogP contribution in [0.4, 0.5) is 0 Å². The van der Waals surface area contributed by atoms with Crippen LogP contribution in [-0.2, 0) is 6.54 Å². The van der Waals surface area contributed by atoms with E-state index in [4.69, 9.17) is 4.99 Å². The third-order valence-electron chi connectivity index (χ3n) is 5.78. The van der Waals surface area contributed by atoms with Crippen LogP contribution in [0, 0.1) is 0 Å². The van der Waals surface area contributed by atoms with E-state index in [-0.39, 0.29) is 30.1 Å². The lowest BCUT2D eigenvalue weighted by Gasteiger charge is -2.34. The van der Waals surface area contributed by atoms with Crippen molar-refractivity contribution in [3.63, 3.8) is 0 Å². The summed E-state index contributed by atoms with van der Waals surface area (Å²) in [6.45, 7) is 10.4. The second-order valence-electron chi connectivity index (χ2n) is 8.01. The lowest BCUT2D eigenvalue weighted by Crippen LogP contribution is -2.47. The second kappa shape index (κ2) is 13.4. The van der Waals surface area contributed by atoms with Gasteiger partial charge in [0.2, 0.25) is 0 Å². The van der Waals surface area contributed by atoms with Crippen molar-refractivity contribution in [2.24, 2.45) is 4.99 Å². The predicted molar refractivity (Wildman–Crippen MR) is 131 cm³/mol. The van der Waals surface area contributed by atoms with Gasteiger partial charge < -0.3 is 15.7 Å². The van der Waals surface area contributed by atoms with E-state index in [1.165, 1.54) is 5.56 Å². The first-order valence-electron chi connectivity index (χ1n) is 10.9. The molecular formula is C22H38IN5O. The Morgan fingerprint density at radius 2 is 1.69 bits per heavy atom. The Balaban J connectivity index is 0.00000300. The molecule has 1 aliphatic heterocycles. The van der Waals surface area contributed by atoms with Crippen molar-refractivity contribution in [3.05, 3.63) is 35.9 Å². The van der Waals surface area contributed by atoms with Gasteiger partial charge in [0, 0.05) is 51.9 Å². The van der Waals surface area contributed by atoms with Crippen LogP contribution in [-0.4, -0.2) is 78.8 Å². The van der Waals surface area contributed by atoms with E-state index in [1.807, 2.05) is 0 Å².